The Labute approximate surface area is 222 Å². The summed E-state index contributed by atoms with van der Waals surface area (Å²) in [6.07, 6.45) is 10.4. The number of aliphatic hydroxyl groups is 1. The zero-order chi connectivity index (χ0) is 25.7. The van der Waals surface area contributed by atoms with Crippen molar-refractivity contribution < 1.29 is 14.3 Å². The highest BCUT2D eigenvalue weighted by Crippen LogP contribution is 2.33. The van der Waals surface area contributed by atoms with Gasteiger partial charge < -0.3 is 20.2 Å². The largest absolute Gasteiger partial charge is 0.444 e. The summed E-state index contributed by atoms with van der Waals surface area (Å²) in [7, 11) is 0. The lowest BCUT2D eigenvalue weighted by atomic mass is 9.84. The number of anilines is 1. The van der Waals surface area contributed by atoms with E-state index in [0.29, 0.717) is 5.75 Å². The van der Waals surface area contributed by atoms with Gasteiger partial charge >= 0.3 is 0 Å². The van der Waals surface area contributed by atoms with Gasteiger partial charge in [0.05, 0.1) is 22.4 Å². The van der Waals surface area contributed by atoms with Crippen molar-refractivity contribution in [2.75, 3.05) is 18.4 Å². The monoisotopic (exact) mass is 533 g/mol. The summed E-state index contributed by atoms with van der Waals surface area (Å²) in [5, 5.41) is 18.6. The molecular weight excluding hydrogens is 494 g/mol. The molecule has 0 aromatic carbocycles. The van der Waals surface area contributed by atoms with E-state index in [0.717, 1.165) is 72.6 Å². The fraction of sp³-hybridized carbons (Fsp3) is 0.654. The minimum absolute atomic E-state index is 0.0403. The highest BCUT2D eigenvalue weighted by Gasteiger charge is 2.33. The van der Waals surface area contributed by atoms with Crippen LogP contribution >= 0.6 is 23.1 Å². The third-order valence-electron chi connectivity index (χ3n) is 6.99. The van der Waals surface area contributed by atoms with Crippen LogP contribution in [0, 0.1) is 5.92 Å². The van der Waals surface area contributed by atoms with E-state index in [-0.39, 0.29) is 29.3 Å². The van der Waals surface area contributed by atoms with Crippen molar-refractivity contribution in [1.29, 1.82) is 0 Å². The van der Waals surface area contributed by atoms with Crippen LogP contribution in [0.5, 0.6) is 0 Å². The Bertz CT molecular complexity index is 1010. The van der Waals surface area contributed by atoms with Gasteiger partial charge in [-0.1, -0.05) is 38.7 Å². The summed E-state index contributed by atoms with van der Waals surface area (Å²) < 4.78 is 7.02. The number of hydrogen-bond acceptors (Lipinski definition) is 9. The molecule has 0 radical (unpaired) electrons. The van der Waals surface area contributed by atoms with Crippen molar-refractivity contribution in [3.8, 4) is 0 Å². The van der Waals surface area contributed by atoms with E-state index >= 15 is 0 Å². The third-order valence-corrected chi connectivity index (χ3v) is 9.10. The molecule has 1 aliphatic carbocycles. The second-order valence-electron chi connectivity index (χ2n) is 10.9. The molecule has 3 heterocycles. The minimum atomic E-state index is -0.438. The van der Waals surface area contributed by atoms with Crippen LogP contribution in [0.15, 0.2) is 33.7 Å². The lowest BCUT2D eigenvalue weighted by molar-refractivity contribution is -0.117. The standard InChI is InChI=1S/C26H39N5O3S2/c1-5-21(32)29-18-10-8-17(9-11-18)24(33)31-12-6-7-19(15-31)30-25-28-14-23(36-25)35-16-22-27-13-20(34-22)26(2,3)4/h5,13-14,17-19,24,33H,1,6-12,15-16H2,2-4H3,(H,28,30)(H,29,32)/t17?,18?,19-,24?/m1/s1. The highest BCUT2D eigenvalue weighted by atomic mass is 32.2. The molecule has 0 bridgehead atoms. The number of aromatic nitrogens is 2. The molecule has 2 atom stereocenters. The van der Waals surface area contributed by atoms with Gasteiger partial charge in [-0.15, -0.1) is 11.8 Å². The summed E-state index contributed by atoms with van der Waals surface area (Å²) in [5.41, 5.74) is -0.0403. The number of hydrogen-bond donors (Lipinski definition) is 3. The number of nitrogens with one attached hydrogen (secondary N) is 2. The molecule has 1 saturated heterocycles. The summed E-state index contributed by atoms with van der Waals surface area (Å²) in [6, 6.07) is 0.456. The summed E-state index contributed by atoms with van der Waals surface area (Å²) in [6.45, 7) is 11.6. The number of amides is 1. The quantitative estimate of drug-likeness (QED) is 0.313. The second-order valence-corrected chi connectivity index (χ2v) is 13.2. The van der Waals surface area contributed by atoms with Crippen LogP contribution in [-0.4, -0.2) is 57.3 Å². The first-order valence-electron chi connectivity index (χ1n) is 12.9. The van der Waals surface area contributed by atoms with Crippen LogP contribution in [0.25, 0.3) is 0 Å². The third kappa shape index (κ3) is 7.34. The van der Waals surface area contributed by atoms with E-state index < -0.39 is 6.23 Å². The number of oxazole rings is 1. The normalized spacial score (nSPS) is 24.3. The Kier molecular flexibility index (Phi) is 9.14. The molecule has 1 saturated carbocycles. The van der Waals surface area contributed by atoms with Crippen LogP contribution in [0.4, 0.5) is 5.13 Å². The van der Waals surface area contributed by atoms with Crippen molar-refractivity contribution in [3.63, 3.8) is 0 Å². The van der Waals surface area contributed by atoms with Gasteiger partial charge in [0.15, 0.2) is 5.13 Å². The van der Waals surface area contributed by atoms with Crippen molar-refractivity contribution in [1.82, 2.24) is 20.2 Å². The molecule has 36 heavy (non-hydrogen) atoms. The van der Waals surface area contributed by atoms with Crippen LogP contribution in [0.3, 0.4) is 0 Å². The Hall–Kier alpha value is -1.88. The molecule has 2 aromatic heterocycles. The van der Waals surface area contributed by atoms with Crippen molar-refractivity contribution in [2.24, 2.45) is 5.92 Å². The molecule has 8 nitrogen and oxygen atoms in total. The molecule has 10 heteroatoms. The fourth-order valence-corrected chi connectivity index (χ4v) is 6.71. The Morgan fingerprint density at radius 2 is 2.06 bits per heavy atom. The van der Waals surface area contributed by atoms with E-state index in [1.807, 2.05) is 12.4 Å². The number of piperidine rings is 1. The lowest BCUT2D eigenvalue weighted by Gasteiger charge is -2.41. The van der Waals surface area contributed by atoms with Crippen molar-refractivity contribution in [2.45, 2.75) is 93.0 Å². The number of rotatable bonds is 9. The van der Waals surface area contributed by atoms with E-state index in [1.165, 1.54) is 6.08 Å². The maximum atomic E-state index is 11.6. The topological polar surface area (TPSA) is 104 Å². The number of thiazole rings is 1. The molecule has 1 amide bonds. The SMILES string of the molecule is C=CC(=O)NC1CCC(C(O)N2CCC[C@@H](Nc3ncc(SCc4ncc(C(C)(C)C)o4)s3)C2)CC1. The van der Waals surface area contributed by atoms with Crippen LogP contribution in [-0.2, 0) is 16.0 Å². The van der Waals surface area contributed by atoms with Gasteiger partial charge in [-0.25, -0.2) is 9.97 Å². The van der Waals surface area contributed by atoms with Crippen LogP contribution in [0.2, 0.25) is 0 Å². The maximum Gasteiger partial charge on any atom is 0.243 e. The average Bonchev–Trinajstić information content (AvgIpc) is 3.52. The average molecular weight is 534 g/mol. The first kappa shape index (κ1) is 27.2. The maximum absolute atomic E-state index is 11.6. The number of likely N-dealkylation sites (tertiary alicyclic amines) is 1. The molecule has 1 unspecified atom stereocenters. The lowest BCUT2D eigenvalue weighted by Crippen LogP contribution is -2.51. The highest BCUT2D eigenvalue weighted by molar-refractivity contribution is 8.00. The van der Waals surface area contributed by atoms with Gasteiger partial charge in [-0.3, -0.25) is 9.69 Å². The second kappa shape index (κ2) is 12.1. The van der Waals surface area contributed by atoms with Gasteiger partial charge in [0.1, 0.15) is 12.0 Å². The zero-order valence-corrected chi connectivity index (χ0v) is 23.2. The molecule has 198 valence electrons. The predicted octanol–water partition coefficient (Wildman–Crippen LogP) is 4.78. The van der Waals surface area contributed by atoms with Gasteiger partial charge in [0.25, 0.3) is 0 Å². The smallest absolute Gasteiger partial charge is 0.243 e. The van der Waals surface area contributed by atoms with Gasteiger partial charge in [0, 0.05) is 30.6 Å². The number of carbonyl (C=O) groups is 1. The van der Waals surface area contributed by atoms with Crippen molar-refractivity contribution in [3.05, 3.63) is 36.7 Å². The number of aliphatic hydroxyl groups excluding tert-OH is 1. The Morgan fingerprint density at radius 1 is 1.28 bits per heavy atom. The number of nitrogens with zero attached hydrogens (tertiary/aromatic N) is 3. The van der Waals surface area contributed by atoms with E-state index in [1.54, 1.807) is 23.1 Å². The molecule has 1 aliphatic heterocycles. The number of carbonyl (C=O) groups excluding carboxylic acids is 1. The molecule has 2 fully saturated rings. The Morgan fingerprint density at radius 3 is 2.75 bits per heavy atom. The molecule has 2 aliphatic rings. The molecule has 3 N–H and O–H groups in total. The summed E-state index contributed by atoms with van der Waals surface area (Å²) in [5.74, 6) is 2.46. The van der Waals surface area contributed by atoms with Gasteiger partial charge in [0.2, 0.25) is 11.8 Å². The molecule has 2 aromatic rings. The van der Waals surface area contributed by atoms with E-state index in [9.17, 15) is 9.90 Å². The Balaban J connectivity index is 1.23. The first-order valence-corrected chi connectivity index (χ1v) is 14.7. The molecule has 0 spiro atoms. The van der Waals surface area contributed by atoms with Gasteiger partial charge in [-0.05, 0) is 50.5 Å². The summed E-state index contributed by atoms with van der Waals surface area (Å²) >= 11 is 3.34. The minimum Gasteiger partial charge on any atom is -0.444 e. The zero-order valence-electron chi connectivity index (χ0n) is 21.5. The predicted molar refractivity (Wildman–Crippen MR) is 145 cm³/mol. The van der Waals surface area contributed by atoms with E-state index in [4.69, 9.17) is 4.42 Å². The van der Waals surface area contributed by atoms with Gasteiger partial charge in [-0.2, -0.15) is 0 Å². The molecule has 4 rings (SSSR count). The van der Waals surface area contributed by atoms with Crippen LogP contribution in [0.1, 0.15) is 70.9 Å². The first-order chi connectivity index (χ1) is 17.2. The fourth-order valence-electron chi connectivity index (χ4n) is 4.91. The summed E-state index contributed by atoms with van der Waals surface area (Å²) in [4.78, 5) is 22.8. The molecular formula is C26H39N5O3S2. The van der Waals surface area contributed by atoms with E-state index in [2.05, 4.69) is 52.9 Å². The van der Waals surface area contributed by atoms with Crippen molar-refractivity contribution >= 4 is 34.1 Å². The number of thioether (sulfide) groups is 1. The van der Waals surface area contributed by atoms with Crippen LogP contribution < -0.4 is 10.6 Å².